The molecule has 0 bridgehead atoms. The standard InChI is InChI=1S/C25H23N5O3/c1-17(23(19-10-5-3-6-11-19)20-12-7-4-8-13-20)26-25(31)24-18(2)29(28-27-24)21-14-9-15-22(16-21)30(32)33/h3-17,23H,1-2H3,(H,26,31). The Morgan fingerprint density at radius 3 is 2.15 bits per heavy atom. The molecule has 166 valence electrons. The molecule has 8 heteroatoms. The van der Waals surface area contributed by atoms with Crippen LogP contribution < -0.4 is 5.32 Å². The molecule has 4 rings (SSSR count). The van der Waals surface area contributed by atoms with Gasteiger partial charge in [0.05, 0.1) is 16.3 Å². The number of nitrogens with one attached hydrogen (secondary N) is 1. The van der Waals surface area contributed by atoms with Crippen LogP contribution in [0.1, 0.15) is 40.2 Å². The van der Waals surface area contributed by atoms with Crippen molar-refractivity contribution < 1.29 is 9.72 Å². The Morgan fingerprint density at radius 1 is 0.970 bits per heavy atom. The van der Waals surface area contributed by atoms with Gasteiger partial charge < -0.3 is 5.32 Å². The molecule has 1 N–H and O–H groups in total. The molecule has 0 spiro atoms. The molecular weight excluding hydrogens is 418 g/mol. The zero-order valence-electron chi connectivity index (χ0n) is 18.3. The van der Waals surface area contributed by atoms with E-state index in [4.69, 9.17) is 0 Å². The Hall–Kier alpha value is -4.33. The van der Waals surface area contributed by atoms with Gasteiger partial charge in [0, 0.05) is 24.1 Å². The Kier molecular flexibility index (Phi) is 6.26. The second-order valence-electron chi connectivity index (χ2n) is 7.77. The Morgan fingerprint density at radius 2 is 1.58 bits per heavy atom. The highest BCUT2D eigenvalue weighted by Crippen LogP contribution is 2.28. The van der Waals surface area contributed by atoms with Crippen molar-refractivity contribution >= 4 is 11.6 Å². The van der Waals surface area contributed by atoms with E-state index in [-0.39, 0.29) is 29.2 Å². The summed E-state index contributed by atoms with van der Waals surface area (Å²) in [6.45, 7) is 3.67. The van der Waals surface area contributed by atoms with Crippen LogP contribution in [0, 0.1) is 17.0 Å². The lowest BCUT2D eigenvalue weighted by atomic mass is 9.86. The van der Waals surface area contributed by atoms with Crippen molar-refractivity contribution in [1.82, 2.24) is 20.3 Å². The lowest BCUT2D eigenvalue weighted by Gasteiger charge is -2.26. The van der Waals surface area contributed by atoms with Crippen LogP contribution in [0.5, 0.6) is 0 Å². The zero-order chi connectivity index (χ0) is 23.4. The molecule has 3 aromatic carbocycles. The summed E-state index contributed by atoms with van der Waals surface area (Å²) in [6, 6.07) is 25.8. The number of benzene rings is 3. The zero-order valence-corrected chi connectivity index (χ0v) is 18.3. The number of hydrogen-bond acceptors (Lipinski definition) is 5. The first kappa shape index (κ1) is 21.9. The number of aromatic nitrogens is 3. The summed E-state index contributed by atoms with van der Waals surface area (Å²) in [5.74, 6) is -0.406. The molecule has 33 heavy (non-hydrogen) atoms. The summed E-state index contributed by atoms with van der Waals surface area (Å²) < 4.78 is 1.43. The van der Waals surface area contributed by atoms with Crippen LogP contribution in [0.3, 0.4) is 0 Å². The molecular formula is C25H23N5O3. The molecule has 0 aliphatic rings. The Bertz CT molecular complexity index is 1230. The minimum Gasteiger partial charge on any atom is -0.347 e. The molecule has 1 heterocycles. The number of hydrogen-bond donors (Lipinski definition) is 1. The third-order valence-electron chi connectivity index (χ3n) is 5.57. The van der Waals surface area contributed by atoms with Gasteiger partial charge in [-0.15, -0.1) is 5.10 Å². The van der Waals surface area contributed by atoms with Gasteiger partial charge in [-0.2, -0.15) is 0 Å². The highest BCUT2D eigenvalue weighted by atomic mass is 16.6. The van der Waals surface area contributed by atoms with Gasteiger partial charge in [-0.05, 0) is 31.0 Å². The van der Waals surface area contributed by atoms with Crippen molar-refractivity contribution in [3.63, 3.8) is 0 Å². The minimum atomic E-state index is -0.474. The summed E-state index contributed by atoms with van der Waals surface area (Å²) in [5, 5.41) is 22.3. The lowest BCUT2D eigenvalue weighted by Crippen LogP contribution is -2.38. The normalized spacial score (nSPS) is 11.8. The maximum absolute atomic E-state index is 13.1. The molecule has 0 aliphatic heterocycles. The van der Waals surface area contributed by atoms with E-state index in [9.17, 15) is 14.9 Å². The number of amides is 1. The van der Waals surface area contributed by atoms with Gasteiger partial charge in [-0.1, -0.05) is 71.9 Å². The van der Waals surface area contributed by atoms with E-state index >= 15 is 0 Å². The first-order valence-electron chi connectivity index (χ1n) is 10.5. The summed E-state index contributed by atoms with van der Waals surface area (Å²) in [5.41, 5.74) is 3.26. The molecule has 8 nitrogen and oxygen atoms in total. The van der Waals surface area contributed by atoms with Crippen LogP contribution in [0.4, 0.5) is 5.69 Å². The average molecular weight is 441 g/mol. The van der Waals surface area contributed by atoms with Crippen molar-refractivity contribution in [2.45, 2.75) is 25.8 Å². The molecule has 1 aromatic heterocycles. The van der Waals surface area contributed by atoms with E-state index in [1.54, 1.807) is 19.1 Å². The molecule has 0 aliphatic carbocycles. The number of nitro groups is 1. The second-order valence-corrected chi connectivity index (χ2v) is 7.77. The molecule has 4 aromatic rings. The van der Waals surface area contributed by atoms with E-state index in [2.05, 4.69) is 15.6 Å². The van der Waals surface area contributed by atoms with E-state index in [1.165, 1.54) is 16.8 Å². The van der Waals surface area contributed by atoms with Crippen molar-refractivity contribution in [3.05, 3.63) is 118 Å². The van der Waals surface area contributed by atoms with Crippen molar-refractivity contribution in [1.29, 1.82) is 0 Å². The van der Waals surface area contributed by atoms with Gasteiger partial charge in [0.15, 0.2) is 5.69 Å². The third kappa shape index (κ3) is 4.64. The predicted octanol–water partition coefficient (Wildman–Crippen LogP) is 4.43. The van der Waals surface area contributed by atoms with Gasteiger partial charge in [0.1, 0.15) is 0 Å². The summed E-state index contributed by atoms with van der Waals surface area (Å²) in [7, 11) is 0. The van der Waals surface area contributed by atoms with Crippen LogP contribution in [0.25, 0.3) is 5.69 Å². The fraction of sp³-hybridized carbons (Fsp3) is 0.160. The van der Waals surface area contributed by atoms with Crippen molar-refractivity contribution in [2.75, 3.05) is 0 Å². The first-order chi connectivity index (χ1) is 16.0. The molecule has 0 fully saturated rings. The highest BCUT2D eigenvalue weighted by molar-refractivity contribution is 5.93. The quantitative estimate of drug-likeness (QED) is 0.337. The number of carbonyl (C=O) groups is 1. The van der Waals surface area contributed by atoms with Crippen LogP contribution in [-0.4, -0.2) is 31.9 Å². The van der Waals surface area contributed by atoms with Crippen LogP contribution in [-0.2, 0) is 0 Å². The average Bonchev–Trinajstić information content (AvgIpc) is 3.22. The van der Waals surface area contributed by atoms with Gasteiger partial charge in [0.25, 0.3) is 11.6 Å². The molecule has 0 saturated carbocycles. The Balaban J connectivity index is 1.60. The highest BCUT2D eigenvalue weighted by Gasteiger charge is 2.26. The van der Waals surface area contributed by atoms with E-state index in [1.807, 2.05) is 67.6 Å². The molecule has 0 saturated heterocycles. The number of nitro benzene ring substituents is 1. The summed E-state index contributed by atoms with van der Waals surface area (Å²) in [6.07, 6.45) is 0. The maximum Gasteiger partial charge on any atom is 0.274 e. The van der Waals surface area contributed by atoms with Crippen molar-refractivity contribution in [3.8, 4) is 5.69 Å². The monoisotopic (exact) mass is 441 g/mol. The molecule has 1 unspecified atom stereocenters. The fourth-order valence-corrected chi connectivity index (χ4v) is 3.97. The molecule has 1 atom stereocenters. The first-order valence-corrected chi connectivity index (χ1v) is 10.5. The molecule has 1 amide bonds. The van der Waals surface area contributed by atoms with Crippen molar-refractivity contribution in [2.24, 2.45) is 0 Å². The maximum atomic E-state index is 13.1. The van der Waals surface area contributed by atoms with E-state index in [0.29, 0.717) is 11.4 Å². The summed E-state index contributed by atoms with van der Waals surface area (Å²) >= 11 is 0. The fourth-order valence-electron chi connectivity index (χ4n) is 3.97. The predicted molar refractivity (Wildman–Crippen MR) is 124 cm³/mol. The molecule has 0 radical (unpaired) electrons. The number of carbonyl (C=O) groups excluding carboxylic acids is 1. The van der Waals surface area contributed by atoms with Crippen LogP contribution in [0.15, 0.2) is 84.9 Å². The largest absolute Gasteiger partial charge is 0.347 e. The van der Waals surface area contributed by atoms with Gasteiger partial charge in [-0.3, -0.25) is 14.9 Å². The topological polar surface area (TPSA) is 103 Å². The Labute approximate surface area is 191 Å². The smallest absolute Gasteiger partial charge is 0.274 e. The number of rotatable bonds is 7. The van der Waals surface area contributed by atoms with E-state index < -0.39 is 4.92 Å². The van der Waals surface area contributed by atoms with Crippen LogP contribution >= 0.6 is 0 Å². The minimum absolute atomic E-state index is 0.0523. The third-order valence-corrected chi connectivity index (χ3v) is 5.57. The lowest BCUT2D eigenvalue weighted by molar-refractivity contribution is -0.384. The SMILES string of the molecule is Cc1c(C(=O)NC(C)C(c2ccccc2)c2ccccc2)nnn1-c1cccc([N+](=O)[O-])c1. The van der Waals surface area contributed by atoms with Gasteiger partial charge in [0.2, 0.25) is 0 Å². The van der Waals surface area contributed by atoms with E-state index in [0.717, 1.165) is 11.1 Å². The van der Waals surface area contributed by atoms with Crippen LogP contribution in [0.2, 0.25) is 0 Å². The summed E-state index contributed by atoms with van der Waals surface area (Å²) in [4.78, 5) is 23.8. The second kappa shape index (κ2) is 9.44. The number of non-ortho nitro benzene ring substituents is 1. The number of nitrogens with zero attached hydrogens (tertiary/aromatic N) is 4. The van der Waals surface area contributed by atoms with Gasteiger partial charge >= 0.3 is 0 Å². The van der Waals surface area contributed by atoms with Gasteiger partial charge in [-0.25, -0.2) is 4.68 Å².